The minimum Gasteiger partial charge on any atom is -0.477 e. The summed E-state index contributed by atoms with van der Waals surface area (Å²) in [7, 11) is 0. The number of rotatable bonds is 3. The van der Waals surface area contributed by atoms with Gasteiger partial charge in [0.25, 0.3) is 0 Å². The van der Waals surface area contributed by atoms with E-state index < -0.39 is 5.97 Å². The van der Waals surface area contributed by atoms with Gasteiger partial charge in [0, 0.05) is 0 Å². The monoisotopic (exact) mass is 248 g/mol. The number of aryl methyl sites for hydroxylation is 1. The molecule has 7 heteroatoms. The molecule has 0 spiro atoms. The standard InChI is InChI=1S/C11H9FN4O2/c1-7-13-14-15-16(7)10(11(17)18)6-8-2-4-9(12)5-3-8/h2-6H,1H3,(H,17,18)/b10-6+. The first-order valence-corrected chi connectivity index (χ1v) is 5.04. The predicted molar refractivity (Wildman–Crippen MR) is 60.8 cm³/mol. The van der Waals surface area contributed by atoms with Crippen molar-refractivity contribution in [1.82, 2.24) is 20.2 Å². The van der Waals surface area contributed by atoms with Crippen LogP contribution in [0, 0.1) is 12.7 Å². The van der Waals surface area contributed by atoms with Crippen molar-refractivity contribution < 1.29 is 14.3 Å². The maximum atomic E-state index is 12.7. The quantitative estimate of drug-likeness (QED) is 0.825. The first-order chi connectivity index (χ1) is 8.58. The number of carbonyl (C=O) groups is 1. The lowest BCUT2D eigenvalue weighted by Crippen LogP contribution is -2.11. The fraction of sp³-hybridized carbons (Fsp3) is 0.0909. The molecule has 92 valence electrons. The molecule has 0 radical (unpaired) electrons. The molecule has 1 aromatic carbocycles. The van der Waals surface area contributed by atoms with E-state index in [4.69, 9.17) is 5.11 Å². The number of benzene rings is 1. The fourth-order valence-corrected chi connectivity index (χ4v) is 1.38. The highest BCUT2D eigenvalue weighted by molar-refractivity contribution is 6.14. The Morgan fingerprint density at radius 3 is 2.56 bits per heavy atom. The van der Waals surface area contributed by atoms with E-state index in [9.17, 15) is 9.18 Å². The number of hydrogen-bond donors (Lipinski definition) is 1. The molecule has 1 aromatic heterocycles. The minimum atomic E-state index is -1.17. The van der Waals surface area contributed by atoms with Crippen molar-refractivity contribution in [2.24, 2.45) is 0 Å². The van der Waals surface area contributed by atoms with Crippen LogP contribution in [-0.2, 0) is 4.79 Å². The molecule has 0 saturated heterocycles. The van der Waals surface area contributed by atoms with E-state index in [-0.39, 0.29) is 11.5 Å². The van der Waals surface area contributed by atoms with Crippen molar-refractivity contribution >= 4 is 17.7 Å². The van der Waals surface area contributed by atoms with Gasteiger partial charge in [0.1, 0.15) is 5.82 Å². The first kappa shape index (κ1) is 11.9. The van der Waals surface area contributed by atoms with E-state index in [1.807, 2.05) is 0 Å². The predicted octanol–water partition coefficient (Wildman–Crippen LogP) is 1.20. The lowest BCUT2D eigenvalue weighted by atomic mass is 10.2. The van der Waals surface area contributed by atoms with Gasteiger partial charge in [-0.3, -0.25) is 0 Å². The Hall–Kier alpha value is -2.57. The Morgan fingerprint density at radius 2 is 2.06 bits per heavy atom. The van der Waals surface area contributed by atoms with Crippen LogP contribution in [0.25, 0.3) is 11.8 Å². The summed E-state index contributed by atoms with van der Waals surface area (Å²) in [6.45, 7) is 1.58. The first-order valence-electron chi connectivity index (χ1n) is 5.04. The number of hydrogen-bond acceptors (Lipinski definition) is 4. The Morgan fingerprint density at radius 1 is 1.39 bits per heavy atom. The highest BCUT2D eigenvalue weighted by Gasteiger charge is 2.14. The molecule has 0 aliphatic heterocycles. The van der Waals surface area contributed by atoms with Crippen LogP contribution in [0.1, 0.15) is 11.4 Å². The number of aliphatic carboxylic acids is 1. The third-order valence-corrected chi connectivity index (χ3v) is 2.25. The van der Waals surface area contributed by atoms with Crippen molar-refractivity contribution in [3.8, 4) is 0 Å². The summed E-state index contributed by atoms with van der Waals surface area (Å²) in [5.41, 5.74) is 0.438. The third kappa shape index (κ3) is 2.40. The zero-order valence-electron chi connectivity index (χ0n) is 9.41. The lowest BCUT2D eigenvalue weighted by Gasteiger charge is -2.02. The molecular formula is C11H9FN4O2. The number of aromatic nitrogens is 4. The highest BCUT2D eigenvalue weighted by atomic mass is 19.1. The largest absolute Gasteiger partial charge is 0.477 e. The molecule has 0 atom stereocenters. The fourth-order valence-electron chi connectivity index (χ4n) is 1.38. The molecule has 2 aromatic rings. The maximum absolute atomic E-state index is 12.7. The number of carboxylic acid groups (broad SMARTS) is 1. The molecule has 1 heterocycles. The molecule has 0 amide bonds. The van der Waals surface area contributed by atoms with E-state index in [0.29, 0.717) is 11.4 Å². The summed E-state index contributed by atoms with van der Waals surface area (Å²) >= 11 is 0. The van der Waals surface area contributed by atoms with Crippen molar-refractivity contribution in [1.29, 1.82) is 0 Å². The van der Waals surface area contributed by atoms with Gasteiger partial charge in [-0.15, -0.1) is 5.10 Å². The number of halogens is 1. The van der Waals surface area contributed by atoms with Crippen LogP contribution in [0.3, 0.4) is 0 Å². The molecule has 0 bridgehead atoms. The average Bonchev–Trinajstić information content (AvgIpc) is 2.74. The second-order valence-corrected chi connectivity index (χ2v) is 3.52. The summed E-state index contributed by atoms with van der Waals surface area (Å²) in [5.74, 6) is -1.21. The summed E-state index contributed by atoms with van der Waals surface area (Å²) < 4.78 is 13.8. The molecular weight excluding hydrogens is 239 g/mol. The molecule has 6 nitrogen and oxygen atoms in total. The van der Waals surface area contributed by atoms with Gasteiger partial charge >= 0.3 is 5.97 Å². The van der Waals surface area contributed by atoms with Crippen molar-refractivity contribution in [3.63, 3.8) is 0 Å². The number of carboxylic acids is 1. The van der Waals surface area contributed by atoms with E-state index in [1.165, 1.54) is 30.3 Å². The molecule has 18 heavy (non-hydrogen) atoms. The molecule has 0 saturated carbocycles. The summed E-state index contributed by atoms with van der Waals surface area (Å²) in [6.07, 6.45) is 1.37. The van der Waals surface area contributed by atoms with Crippen LogP contribution in [0.5, 0.6) is 0 Å². The second-order valence-electron chi connectivity index (χ2n) is 3.52. The number of nitrogens with zero attached hydrogens (tertiary/aromatic N) is 4. The molecule has 2 rings (SSSR count). The highest BCUT2D eigenvalue weighted by Crippen LogP contribution is 2.12. The van der Waals surface area contributed by atoms with E-state index in [1.54, 1.807) is 6.92 Å². The second kappa shape index (κ2) is 4.74. The minimum absolute atomic E-state index is 0.107. The van der Waals surface area contributed by atoms with Gasteiger partial charge in [-0.25, -0.2) is 9.18 Å². The van der Waals surface area contributed by atoms with Gasteiger partial charge in [0.15, 0.2) is 11.5 Å². The van der Waals surface area contributed by atoms with E-state index >= 15 is 0 Å². The van der Waals surface area contributed by atoms with Gasteiger partial charge in [0.05, 0.1) is 0 Å². The number of tetrazole rings is 1. The Labute approximate surface area is 101 Å². The topological polar surface area (TPSA) is 80.9 Å². The summed E-state index contributed by atoms with van der Waals surface area (Å²) in [5, 5.41) is 19.7. The average molecular weight is 248 g/mol. The van der Waals surface area contributed by atoms with Crippen LogP contribution in [0.4, 0.5) is 4.39 Å². The Bertz CT molecular complexity index is 604. The SMILES string of the molecule is Cc1nnnn1/C(=C/c1ccc(F)cc1)C(=O)O. The van der Waals surface area contributed by atoms with E-state index in [0.717, 1.165) is 4.68 Å². The third-order valence-electron chi connectivity index (χ3n) is 2.25. The van der Waals surface area contributed by atoms with Gasteiger partial charge < -0.3 is 5.11 Å². The normalized spacial score (nSPS) is 11.6. The smallest absolute Gasteiger partial charge is 0.354 e. The molecule has 0 unspecified atom stereocenters. The Balaban J connectivity index is 2.46. The van der Waals surface area contributed by atoms with Crippen LogP contribution >= 0.6 is 0 Å². The van der Waals surface area contributed by atoms with E-state index in [2.05, 4.69) is 15.5 Å². The van der Waals surface area contributed by atoms with Gasteiger partial charge in [-0.05, 0) is 41.1 Å². The van der Waals surface area contributed by atoms with Crippen LogP contribution in [-0.4, -0.2) is 31.3 Å². The molecule has 0 aliphatic rings. The zero-order chi connectivity index (χ0) is 13.1. The van der Waals surface area contributed by atoms with Gasteiger partial charge in [0.2, 0.25) is 0 Å². The van der Waals surface area contributed by atoms with Crippen LogP contribution in [0.15, 0.2) is 24.3 Å². The van der Waals surface area contributed by atoms with Crippen LogP contribution in [0.2, 0.25) is 0 Å². The van der Waals surface area contributed by atoms with Crippen molar-refractivity contribution in [2.45, 2.75) is 6.92 Å². The molecule has 0 fully saturated rings. The molecule has 0 aliphatic carbocycles. The lowest BCUT2D eigenvalue weighted by molar-refractivity contribution is -0.130. The van der Waals surface area contributed by atoms with Crippen molar-refractivity contribution in [3.05, 3.63) is 41.5 Å². The molecule has 1 N–H and O–H groups in total. The summed E-state index contributed by atoms with van der Waals surface area (Å²) in [4.78, 5) is 11.2. The maximum Gasteiger partial charge on any atom is 0.354 e. The Kier molecular flexibility index (Phi) is 3.13. The summed E-state index contributed by atoms with van der Waals surface area (Å²) in [6, 6.07) is 5.44. The van der Waals surface area contributed by atoms with Crippen molar-refractivity contribution in [2.75, 3.05) is 0 Å². The van der Waals surface area contributed by atoms with Crippen LogP contribution < -0.4 is 0 Å². The van der Waals surface area contributed by atoms with Gasteiger partial charge in [-0.1, -0.05) is 12.1 Å². The zero-order valence-corrected chi connectivity index (χ0v) is 9.41. The van der Waals surface area contributed by atoms with Gasteiger partial charge in [-0.2, -0.15) is 4.68 Å².